The molecule has 0 radical (unpaired) electrons. The second-order valence-electron chi connectivity index (χ2n) is 7.46. The predicted octanol–water partition coefficient (Wildman–Crippen LogP) is 3.81. The van der Waals surface area contributed by atoms with Gasteiger partial charge < -0.3 is 9.80 Å². The molecule has 5 nitrogen and oxygen atoms in total. The van der Waals surface area contributed by atoms with Crippen molar-refractivity contribution in [1.82, 2.24) is 4.90 Å². The minimum absolute atomic E-state index is 0.349. The largest absolute Gasteiger partial charge is 0.369 e. The van der Waals surface area contributed by atoms with E-state index in [1.54, 1.807) is 6.07 Å². The highest BCUT2D eigenvalue weighted by atomic mass is 32.2. The van der Waals surface area contributed by atoms with Gasteiger partial charge in [-0.2, -0.15) is 0 Å². The van der Waals surface area contributed by atoms with E-state index in [9.17, 15) is 8.42 Å². The molecule has 1 aliphatic rings. The summed E-state index contributed by atoms with van der Waals surface area (Å²) in [5.74, 6) is 0. The standard InChI is InChI=1S/C23H27N3O2S/c1-3-26(21-11-7-10-20(18-21)25-16-14-24(2)15-17-25)29(27,28)23-13-6-9-19-8-4-5-12-22(19)23/h4-13,18H,3,14-17H2,1-2H3. The topological polar surface area (TPSA) is 43.9 Å². The summed E-state index contributed by atoms with van der Waals surface area (Å²) in [6.07, 6.45) is 0. The quantitative estimate of drug-likeness (QED) is 0.643. The first kappa shape index (κ1) is 19.7. The van der Waals surface area contributed by atoms with Crippen LogP contribution in [0.5, 0.6) is 0 Å². The zero-order valence-corrected chi connectivity index (χ0v) is 17.8. The zero-order chi connectivity index (χ0) is 20.4. The maximum absolute atomic E-state index is 13.6. The number of piperazine rings is 1. The molecule has 0 amide bonds. The molecule has 6 heteroatoms. The second-order valence-corrected chi connectivity index (χ2v) is 9.29. The van der Waals surface area contributed by atoms with Gasteiger partial charge in [0.15, 0.2) is 0 Å². The van der Waals surface area contributed by atoms with E-state index >= 15 is 0 Å². The highest BCUT2D eigenvalue weighted by molar-refractivity contribution is 7.93. The van der Waals surface area contributed by atoms with E-state index in [4.69, 9.17) is 0 Å². The smallest absolute Gasteiger partial charge is 0.264 e. The van der Waals surface area contributed by atoms with Crippen molar-refractivity contribution in [1.29, 1.82) is 0 Å². The van der Waals surface area contributed by atoms with Gasteiger partial charge in [0.1, 0.15) is 0 Å². The van der Waals surface area contributed by atoms with Crippen LogP contribution in [0.1, 0.15) is 6.92 Å². The lowest BCUT2D eigenvalue weighted by atomic mass is 10.1. The Labute approximate surface area is 173 Å². The second kappa shape index (κ2) is 8.05. The number of nitrogens with zero attached hydrogens (tertiary/aromatic N) is 3. The monoisotopic (exact) mass is 409 g/mol. The third kappa shape index (κ3) is 3.82. The molecular weight excluding hydrogens is 382 g/mol. The summed E-state index contributed by atoms with van der Waals surface area (Å²) < 4.78 is 28.7. The third-order valence-electron chi connectivity index (χ3n) is 5.59. The highest BCUT2D eigenvalue weighted by Crippen LogP contribution is 2.31. The van der Waals surface area contributed by atoms with Crippen LogP contribution in [-0.4, -0.2) is 53.1 Å². The van der Waals surface area contributed by atoms with E-state index in [2.05, 4.69) is 22.9 Å². The van der Waals surface area contributed by atoms with E-state index in [1.165, 1.54) is 4.31 Å². The Balaban J connectivity index is 1.72. The van der Waals surface area contributed by atoms with Crippen LogP contribution in [0.2, 0.25) is 0 Å². The maximum Gasteiger partial charge on any atom is 0.264 e. The number of fused-ring (bicyclic) bond motifs is 1. The molecule has 0 bridgehead atoms. The van der Waals surface area contributed by atoms with Crippen LogP contribution in [0, 0.1) is 0 Å². The normalized spacial score (nSPS) is 15.6. The molecule has 1 aliphatic heterocycles. The lowest BCUT2D eigenvalue weighted by Gasteiger charge is -2.34. The molecule has 4 rings (SSSR count). The maximum atomic E-state index is 13.6. The summed E-state index contributed by atoms with van der Waals surface area (Å²) in [4.78, 5) is 4.98. The molecule has 1 fully saturated rings. The average molecular weight is 410 g/mol. The van der Waals surface area contributed by atoms with Gasteiger partial charge in [0.25, 0.3) is 10.0 Å². The van der Waals surface area contributed by atoms with Gasteiger partial charge in [0, 0.05) is 43.8 Å². The van der Waals surface area contributed by atoms with E-state index in [-0.39, 0.29) is 0 Å². The molecule has 152 valence electrons. The number of benzene rings is 3. The van der Waals surface area contributed by atoms with Crippen molar-refractivity contribution in [3.8, 4) is 0 Å². The summed E-state index contributed by atoms with van der Waals surface area (Å²) in [6, 6.07) is 21.0. The van der Waals surface area contributed by atoms with Crippen molar-refractivity contribution >= 4 is 32.2 Å². The Morgan fingerprint density at radius 2 is 1.59 bits per heavy atom. The summed E-state index contributed by atoms with van der Waals surface area (Å²) in [7, 11) is -1.55. The van der Waals surface area contributed by atoms with Gasteiger partial charge in [-0.05, 0) is 43.6 Å². The number of hydrogen-bond donors (Lipinski definition) is 0. The Morgan fingerprint density at radius 1 is 0.897 bits per heavy atom. The molecule has 0 aliphatic carbocycles. The van der Waals surface area contributed by atoms with Crippen molar-refractivity contribution in [3.63, 3.8) is 0 Å². The number of rotatable bonds is 5. The van der Waals surface area contributed by atoms with Crippen molar-refractivity contribution < 1.29 is 8.42 Å². The number of likely N-dealkylation sites (N-methyl/N-ethyl adjacent to an activating group) is 1. The van der Waals surface area contributed by atoms with Gasteiger partial charge in [-0.15, -0.1) is 0 Å². The molecule has 29 heavy (non-hydrogen) atoms. The van der Waals surface area contributed by atoms with Gasteiger partial charge in [0.2, 0.25) is 0 Å². The fourth-order valence-electron chi connectivity index (χ4n) is 3.94. The zero-order valence-electron chi connectivity index (χ0n) is 17.0. The molecule has 0 N–H and O–H groups in total. The molecule has 1 heterocycles. The summed E-state index contributed by atoms with van der Waals surface area (Å²) >= 11 is 0. The Morgan fingerprint density at radius 3 is 2.34 bits per heavy atom. The van der Waals surface area contributed by atoms with Crippen LogP contribution < -0.4 is 9.21 Å². The van der Waals surface area contributed by atoms with E-state index in [0.717, 1.165) is 42.6 Å². The van der Waals surface area contributed by atoms with Crippen molar-refractivity contribution in [3.05, 3.63) is 66.7 Å². The van der Waals surface area contributed by atoms with Gasteiger partial charge in [-0.1, -0.05) is 42.5 Å². The predicted molar refractivity (Wildman–Crippen MR) is 120 cm³/mol. The van der Waals surface area contributed by atoms with E-state index < -0.39 is 10.0 Å². The van der Waals surface area contributed by atoms with Crippen molar-refractivity contribution in [2.45, 2.75) is 11.8 Å². The molecule has 0 unspecified atom stereocenters. The van der Waals surface area contributed by atoms with Gasteiger partial charge >= 0.3 is 0 Å². The van der Waals surface area contributed by atoms with Gasteiger partial charge in [-0.3, -0.25) is 4.31 Å². The van der Waals surface area contributed by atoms with Gasteiger partial charge in [0.05, 0.1) is 10.6 Å². The lowest BCUT2D eigenvalue weighted by molar-refractivity contribution is 0.313. The third-order valence-corrected chi connectivity index (χ3v) is 7.55. The summed E-state index contributed by atoms with van der Waals surface area (Å²) in [5.41, 5.74) is 1.78. The SMILES string of the molecule is CCN(c1cccc(N2CCN(C)CC2)c1)S(=O)(=O)c1cccc2ccccc12. The number of hydrogen-bond acceptors (Lipinski definition) is 4. The van der Waals surface area contributed by atoms with Crippen LogP contribution in [0.25, 0.3) is 10.8 Å². The van der Waals surface area contributed by atoms with E-state index in [0.29, 0.717) is 17.1 Å². The molecular formula is C23H27N3O2S. The first-order valence-electron chi connectivity index (χ1n) is 10.0. The molecule has 3 aromatic carbocycles. The number of anilines is 2. The molecule has 0 aromatic heterocycles. The summed E-state index contributed by atoms with van der Waals surface area (Å²) in [6.45, 7) is 6.17. The summed E-state index contributed by atoms with van der Waals surface area (Å²) in [5, 5.41) is 1.68. The molecule has 0 saturated carbocycles. The first-order chi connectivity index (χ1) is 14.0. The average Bonchev–Trinajstić information content (AvgIpc) is 2.74. The van der Waals surface area contributed by atoms with Crippen LogP contribution in [0.3, 0.4) is 0 Å². The van der Waals surface area contributed by atoms with Crippen molar-refractivity contribution in [2.75, 3.05) is 49.0 Å². The first-order valence-corrected chi connectivity index (χ1v) is 11.5. The molecule has 0 atom stereocenters. The molecule has 1 saturated heterocycles. The Bertz CT molecular complexity index is 1100. The van der Waals surface area contributed by atoms with Crippen molar-refractivity contribution in [2.24, 2.45) is 0 Å². The number of sulfonamides is 1. The highest BCUT2D eigenvalue weighted by Gasteiger charge is 2.26. The van der Waals surface area contributed by atoms with Crippen LogP contribution in [0.4, 0.5) is 11.4 Å². The Hall–Kier alpha value is -2.57. The van der Waals surface area contributed by atoms with Gasteiger partial charge in [-0.25, -0.2) is 8.42 Å². The minimum atomic E-state index is -3.68. The fraction of sp³-hybridized carbons (Fsp3) is 0.304. The molecule has 0 spiro atoms. The van der Waals surface area contributed by atoms with Crippen LogP contribution in [-0.2, 0) is 10.0 Å². The molecule has 3 aromatic rings. The van der Waals surface area contributed by atoms with E-state index in [1.807, 2.05) is 61.5 Å². The Kier molecular flexibility index (Phi) is 5.48. The fourth-order valence-corrected chi connectivity index (χ4v) is 5.62. The van der Waals surface area contributed by atoms with Crippen LogP contribution in [0.15, 0.2) is 71.6 Å². The van der Waals surface area contributed by atoms with Crippen LogP contribution >= 0.6 is 0 Å². The lowest BCUT2D eigenvalue weighted by Crippen LogP contribution is -2.44. The minimum Gasteiger partial charge on any atom is -0.369 e.